The fourth-order valence-electron chi connectivity index (χ4n) is 16.1. The van der Waals surface area contributed by atoms with Gasteiger partial charge in [-0.15, -0.1) is 20.4 Å². The van der Waals surface area contributed by atoms with Gasteiger partial charge in [-0.1, -0.05) is 96.0 Å². The fourth-order valence-corrected chi connectivity index (χ4v) is 16.3. The second-order valence-electron chi connectivity index (χ2n) is 35.3. The van der Waals surface area contributed by atoms with E-state index in [4.69, 9.17) is 46.9 Å². The Hall–Kier alpha value is -18.5. The maximum Gasteiger partial charge on any atom is 0.368 e. The third kappa shape index (κ3) is 24.2. The molecule has 1 aliphatic carbocycles. The SMILES string of the molecule is Cc1cc(-c2ccc(Cl)nn2)ccc1OCc1c(C)cccc1-n1nnn(C)c1=O.Cc1cc(-c2ccc(Cl)nn2)ccc1OCc1ccccc1-n1nnn(C)c1=O.Cc1cc(-c2ccc(F)cn2)ccc1OCc1c(C2CC2)cccc1-n1nnn(C)c1=O.Cc1ccc(-c2ccc(OCc3c(C)cccc3-n3nnn(C)c3=O)c(C)c2)nn1.Cc1ccc(-c2ccc(OCc3ccccc3-n3nnn(C)c3=O)c(C)c2)nn1. The molecular formula is C108H100Cl2FN29O10. The van der Waals surface area contributed by atoms with Crippen LogP contribution in [0, 0.1) is 68.1 Å². The molecule has 0 bridgehead atoms. The number of rotatable bonds is 26. The summed E-state index contributed by atoms with van der Waals surface area (Å²) in [5.41, 5.74) is 24.4. The molecule has 20 aromatic rings. The molecule has 0 amide bonds. The highest BCUT2D eigenvalue weighted by Crippen LogP contribution is 2.44. The molecule has 0 radical (unpaired) electrons. The van der Waals surface area contributed by atoms with Crippen LogP contribution in [-0.2, 0) is 68.3 Å². The molecular weight excluding hydrogens is 1950 g/mol. The summed E-state index contributed by atoms with van der Waals surface area (Å²) >= 11 is 11.6. The Balaban J connectivity index is 0.000000128. The van der Waals surface area contributed by atoms with E-state index in [2.05, 4.69) is 104 Å². The van der Waals surface area contributed by atoms with Crippen LogP contribution in [0.4, 0.5) is 4.39 Å². The Morgan fingerprint density at radius 2 is 0.567 bits per heavy atom. The number of hydrogen-bond donors (Lipinski definition) is 0. The molecule has 10 aromatic heterocycles. The van der Waals surface area contributed by atoms with Crippen molar-refractivity contribution in [2.75, 3.05) is 0 Å². The van der Waals surface area contributed by atoms with Gasteiger partial charge in [-0.05, 0) is 360 Å². The molecule has 0 unspecified atom stereocenters. The molecule has 1 saturated carbocycles. The van der Waals surface area contributed by atoms with Gasteiger partial charge in [0.25, 0.3) is 0 Å². The highest BCUT2D eigenvalue weighted by Gasteiger charge is 2.30. The molecule has 0 spiro atoms. The van der Waals surface area contributed by atoms with E-state index in [1.165, 1.54) is 64.6 Å². The van der Waals surface area contributed by atoms with Gasteiger partial charge >= 0.3 is 28.4 Å². The number of pyridine rings is 1. The number of nitrogens with zero attached hydrogens (tertiary/aromatic N) is 29. The van der Waals surface area contributed by atoms with Crippen molar-refractivity contribution in [3.63, 3.8) is 0 Å². The molecule has 0 aliphatic heterocycles. The lowest BCUT2D eigenvalue weighted by atomic mass is 10.0. The quantitative estimate of drug-likeness (QED) is 0.0486. The average Bonchev–Trinajstić information content (AvgIpc) is 1.63. The molecule has 150 heavy (non-hydrogen) atoms. The Bertz CT molecular complexity index is 8200. The standard InChI is InChI=1S/C24H22FN5O2.C22H22N6O2.C21H19ClN6O2.C21H20N6O2.C20H17ClN6O2/c1-15-12-17(21-10-9-18(25)13-26-21)8-11-23(15)32-14-20-19(16-6-7-16)4-3-5-22(20)30-24(31)29(2)27-28-30;1-14-6-5-7-20(28-22(29)27(4)25-26-28)18(14)13-30-21-11-9-17(12-15(21)2)19-10-8-16(3)23-24-19;1-13-5-4-6-18(28-21(29)27(3)25-26-28)16(13)12-30-19-9-7-15(11-14(19)2)17-8-10-20(22)24-23-17;1-14-12-16(18-10-8-15(2)22-23-18)9-11-20(14)29-13-17-6-4-5-7-19(17)27-21(28)26(3)24-25-27;1-13-11-14(16-8-10-19(21)23-22-16)7-9-18(13)29-12-15-5-3-4-6-17(15)27-20(28)26(2)24-25-27/h3-5,8-13,16H,6-7,14H2,1-2H3;5-12H,13H2,1-4H3;4-11H,12H2,1-3H3;4-12H,13H2,1-3H3;3-11H,12H2,1-2H3. The molecule has 758 valence electrons. The lowest BCUT2D eigenvalue weighted by Crippen LogP contribution is -2.23. The van der Waals surface area contributed by atoms with Gasteiger partial charge < -0.3 is 23.7 Å². The third-order valence-corrected chi connectivity index (χ3v) is 24.9. The number of halogens is 3. The van der Waals surface area contributed by atoms with Crippen LogP contribution in [0.25, 0.3) is 84.7 Å². The van der Waals surface area contributed by atoms with Gasteiger partial charge in [0.15, 0.2) is 10.3 Å². The summed E-state index contributed by atoms with van der Waals surface area (Å²) in [6.07, 6.45) is 3.47. The lowest BCUT2D eigenvalue weighted by molar-refractivity contribution is 0.302. The van der Waals surface area contributed by atoms with Gasteiger partial charge in [0.05, 0.1) is 74.5 Å². The van der Waals surface area contributed by atoms with Crippen LogP contribution in [-0.4, -0.2) is 145 Å². The smallest absolute Gasteiger partial charge is 0.368 e. The van der Waals surface area contributed by atoms with Gasteiger partial charge in [0.1, 0.15) is 67.6 Å². The zero-order valence-electron chi connectivity index (χ0n) is 84.0. The minimum Gasteiger partial charge on any atom is -0.489 e. The number of hydrogen-bond acceptors (Lipinski definition) is 29. The molecule has 0 N–H and O–H groups in total. The van der Waals surface area contributed by atoms with Gasteiger partial charge in [-0.3, -0.25) is 4.98 Å². The molecule has 42 heteroatoms. The fraction of sp³-hybridized carbons (Fsp3) is 0.204. The highest BCUT2D eigenvalue weighted by molar-refractivity contribution is 6.29. The topological polar surface area (TPSA) is 426 Å². The maximum absolute atomic E-state index is 13.2. The summed E-state index contributed by atoms with van der Waals surface area (Å²) < 4.78 is 56.0. The summed E-state index contributed by atoms with van der Waals surface area (Å²) in [4.78, 5) is 65.6. The maximum atomic E-state index is 13.2. The van der Waals surface area contributed by atoms with Crippen molar-refractivity contribution in [1.82, 2.24) is 145 Å². The second kappa shape index (κ2) is 46.3. The molecule has 39 nitrogen and oxygen atoms in total. The molecule has 1 fully saturated rings. The van der Waals surface area contributed by atoms with Gasteiger partial charge in [0.2, 0.25) is 0 Å². The summed E-state index contributed by atoms with van der Waals surface area (Å²) in [5.74, 6) is 3.85. The molecule has 0 saturated heterocycles. The Morgan fingerprint density at radius 1 is 0.280 bits per heavy atom. The van der Waals surface area contributed by atoms with Crippen LogP contribution >= 0.6 is 23.2 Å². The van der Waals surface area contributed by atoms with Crippen LogP contribution < -0.4 is 52.1 Å². The van der Waals surface area contributed by atoms with E-state index in [-0.39, 0.29) is 47.5 Å². The van der Waals surface area contributed by atoms with Crippen LogP contribution in [0.3, 0.4) is 0 Å². The van der Waals surface area contributed by atoms with E-state index >= 15 is 0 Å². The average molecular weight is 2050 g/mol. The van der Waals surface area contributed by atoms with Crippen molar-refractivity contribution in [2.24, 2.45) is 35.2 Å². The zero-order valence-corrected chi connectivity index (χ0v) is 85.6. The number of para-hydroxylation sites is 2. The van der Waals surface area contributed by atoms with E-state index in [1.807, 2.05) is 287 Å². The third-order valence-electron chi connectivity index (χ3n) is 24.5. The van der Waals surface area contributed by atoms with Gasteiger partial charge in [-0.2, -0.15) is 67.2 Å². The minimum atomic E-state index is -0.363. The van der Waals surface area contributed by atoms with Gasteiger partial charge in [0, 0.05) is 90.9 Å². The monoisotopic (exact) mass is 2050 g/mol. The number of tetrazole rings is 5. The van der Waals surface area contributed by atoms with Crippen LogP contribution in [0.15, 0.2) is 285 Å². The summed E-state index contributed by atoms with van der Waals surface area (Å²) in [6, 6.07) is 79.3. The van der Waals surface area contributed by atoms with Crippen LogP contribution in [0.2, 0.25) is 10.3 Å². The van der Waals surface area contributed by atoms with Crippen molar-refractivity contribution in [1.29, 1.82) is 0 Å². The van der Waals surface area contributed by atoms with Crippen LogP contribution in [0.1, 0.15) is 102 Å². The van der Waals surface area contributed by atoms with Crippen LogP contribution in [0.5, 0.6) is 28.7 Å². The van der Waals surface area contributed by atoms with E-state index < -0.39 is 0 Å². The minimum absolute atomic E-state index is 0.278. The van der Waals surface area contributed by atoms with Gasteiger partial charge in [-0.25, -0.2) is 28.4 Å². The lowest BCUT2D eigenvalue weighted by Gasteiger charge is -2.16. The first-order valence-electron chi connectivity index (χ1n) is 47.3. The zero-order chi connectivity index (χ0) is 106. The first-order chi connectivity index (χ1) is 72.4. The predicted molar refractivity (Wildman–Crippen MR) is 559 cm³/mol. The first-order valence-corrected chi connectivity index (χ1v) is 48.0. The van der Waals surface area contributed by atoms with E-state index in [0.717, 1.165) is 170 Å². The number of aryl methyl sites for hydroxylation is 14. The largest absolute Gasteiger partial charge is 0.489 e. The molecule has 10 aromatic carbocycles. The molecule has 10 heterocycles. The number of ether oxygens (including phenoxy) is 5. The van der Waals surface area contributed by atoms with Crippen molar-refractivity contribution in [3.05, 3.63) is 413 Å². The highest BCUT2D eigenvalue weighted by atomic mass is 35.5. The molecule has 1 aliphatic rings. The Kier molecular flexibility index (Phi) is 31.8. The number of benzene rings is 10. The van der Waals surface area contributed by atoms with Crippen molar-refractivity contribution < 1.29 is 28.1 Å². The Morgan fingerprint density at radius 3 is 0.860 bits per heavy atom. The molecule has 0 atom stereocenters. The number of aromatic nitrogens is 29. The second-order valence-corrected chi connectivity index (χ2v) is 36.1. The van der Waals surface area contributed by atoms with Crippen molar-refractivity contribution in [2.45, 2.75) is 114 Å². The van der Waals surface area contributed by atoms with Crippen molar-refractivity contribution >= 4 is 23.2 Å². The summed E-state index contributed by atoms with van der Waals surface area (Å²) in [6.45, 7) is 19.1. The summed E-state index contributed by atoms with van der Waals surface area (Å²) in [5, 5.41) is 72.1. The normalized spacial score (nSPS) is 11.4. The first kappa shape index (κ1) is 103. The molecule has 21 rings (SSSR count). The van der Waals surface area contributed by atoms with Crippen molar-refractivity contribution in [3.8, 4) is 113 Å². The van der Waals surface area contributed by atoms with E-state index in [1.54, 1.807) is 53.4 Å². The predicted octanol–water partition coefficient (Wildman–Crippen LogP) is 15.7. The summed E-state index contributed by atoms with van der Waals surface area (Å²) in [7, 11) is 7.83. The Labute approximate surface area is 867 Å². The van der Waals surface area contributed by atoms with E-state index in [9.17, 15) is 28.4 Å². The van der Waals surface area contributed by atoms with E-state index in [0.29, 0.717) is 70.2 Å².